The first-order chi connectivity index (χ1) is 11.1. The summed E-state index contributed by atoms with van der Waals surface area (Å²) in [5, 5.41) is 3.28. The Morgan fingerprint density at radius 2 is 1.64 bits per heavy atom. The van der Waals surface area contributed by atoms with Gasteiger partial charge in [0.25, 0.3) is 0 Å². The summed E-state index contributed by atoms with van der Waals surface area (Å²) in [4.78, 5) is 2.22. The Kier molecular flexibility index (Phi) is 8.98. The Hall–Kier alpha value is -0.530. The van der Waals surface area contributed by atoms with Gasteiger partial charge < -0.3 is 10.1 Å². The first-order valence-corrected chi connectivity index (χ1v) is 8.26. The van der Waals surface area contributed by atoms with E-state index in [0.29, 0.717) is 18.8 Å². The first kappa shape index (κ1) is 22.5. The summed E-state index contributed by atoms with van der Waals surface area (Å²) in [6.07, 6.45) is -2.67. The lowest BCUT2D eigenvalue weighted by molar-refractivity contribution is -0.139. The van der Waals surface area contributed by atoms with E-state index in [1.54, 1.807) is 12.1 Å². The molecule has 3 rings (SSSR count). The molecule has 1 atom stereocenters. The summed E-state index contributed by atoms with van der Waals surface area (Å²) in [6, 6.07) is 5.89. The number of hydrogen-bond donors (Lipinski definition) is 1. The van der Waals surface area contributed by atoms with Crippen LogP contribution < -0.4 is 5.32 Å². The van der Waals surface area contributed by atoms with Gasteiger partial charge in [-0.1, -0.05) is 18.2 Å². The number of halogens is 5. The van der Waals surface area contributed by atoms with Gasteiger partial charge in [0.1, 0.15) is 0 Å². The van der Waals surface area contributed by atoms with Gasteiger partial charge in [0.2, 0.25) is 0 Å². The zero-order chi connectivity index (χ0) is 16.3. The van der Waals surface area contributed by atoms with Gasteiger partial charge in [0.15, 0.2) is 0 Å². The molecule has 2 saturated heterocycles. The highest BCUT2D eigenvalue weighted by molar-refractivity contribution is 5.85. The van der Waals surface area contributed by atoms with Crippen molar-refractivity contribution in [3.8, 4) is 0 Å². The Bertz CT molecular complexity index is 501. The van der Waals surface area contributed by atoms with Crippen LogP contribution in [0, 0.1) is 5.92 Å². The molecule has 0 saturated carbocycles. The van der Waals surface area contributed by atoms with Crippen molar-refractivity contribution in [3.05, 3.63) is 35.4 Å². The minimum Gasteiger partial charge on any atom is -0.381 e. The fourth-order valence-corrected chi connectivity index (χ4v) is 3.75. The van der Waals surface area contributed by atoms with E-state index in [-0.39, 0.29) is 36.8 Å². The highest BCUT2D eigenvalue weighted by Crippen LogP contribution is 2.41. The fraction of sp³-hybridized carbons (Fsp3) is 0.647. The molecule has 3 nitrogen and oxygen atoms in total. The molecule has 0 spiro atoms. The SMILES string of the molecule is Cl.Cl.FC(F)(F)c1ccccc1[C@@H](C1CCOCC1)N1CCNCC1. The normalized spacial score (nSPS) is 21.1. The van der Waals surface area contributed by atoms with Gasteiger partial charge in [-0.2, -0.15) is 13.2 Å². The number of nitrogens with one attached hydrogen (secondary N) is 1. The molecule has 0 bridgehead atoms. The standard InChI is InChI=1S/C17H23F3N2O.2ClH/c18-17(19,20)15-4-2-1-3-14(15)16(13-5-11-23-12-6-13)22-9-7-21-8-10-22;;/h1-4,13,16,21H,5-12H2;2*1H/t16-;;/m1../s1. The number of hydrogen-bond acceptors (Lipinski definition) is 3. The number of piperazine rings is 1. The zero-order valence-corrected chi connectivity index (χ0v) is 15.6. The van der Waals surface area contributed by atoms with Gasteiger partial charge in [-0.3, -0.25) is 4.90 Å². The van der Waals surface area contributed by atoms with Crippen molar-refractivity contribution in [3.63, 3.8) is 0 Å². The van der Waals surface area contributed by atoms with Gasteiger partial charge in [-0.25, -0.2) is 0 Å². The summed E-state index contributed by atoms with van der Waals surface area (Å²) < 4.78 is 45.9. The molecule has 2 fully saturated rings. The second-order valence-electron chi connectivity index (χ2n) is 6.27. The summed E-state index contributed by atoms with van der Waals surface area (Å²) in [7, 11) is 0. The first-order valence-electron chi connectivity index (χ1n) is 8.26. The van der Waals surface area contributed by atoms with Crippen molar-refractivity contribution < 1.29 is 17.9 Å². The average molecular weight is 401 g/mol. The zero-order valence-electron chi connectivity index (χ0n) is 13.9. The van der Waals surface area contributed by atoms with Crippen LogP contribution in [0.5, 0.6) is 0 Å². The smallest absolute Gasteiger partial charge is 0.381 e. The average Bonchev–Trinajstić information content (AvgIpc) is 2.57. The molecule has 8 heteroatoms. The van der Waals surface area contributed by atoms with Crippen LogP contribution in [-0.2, 0) is 10.9 Å². The van der Waals surface area contributed by atoms with E-state index in [1.165, 1.54) is 12.1 Å². The van der Waals surface area contributed by atoms with E-state index in [4.69, 9.17) is 4.74 Å². The van der Waals surface area contributed by atoms with Crippen molar-refractivity contribution in [2.75, 3.05) is 39.4 Å². The molecule has 0 aromatic heterocycles. The van der Waals surface area contributed by atoms with Crippen molar-refractivity contribution >= 4 is 24.8 Å². The Morgan fingerprint density at radius 1 is 1.04 bits per heavy atom. The van der Waals surface area contributed by atoms with Crippen molar-refractivity contribution in [2.45, 2.75) is 25.1 Å². The summed E-state index contributed by atoms with van der Waals surface area (Å²) in [5.74, 6) is 0.213. The number of ether oxygens (including phenoxy) is 1. The van der Waals surface area contributed by atoms with Crippen LogP contribution in [0.1, 0.15) is 30.0 Å². The molecule has 0 aliphatic carbocycles. The second-order valence-corrected chi connectivity index (χ2v) is 6.27. The maximum atomic E-state index is 13.5. The van der Waals surface area contributed by atoms with Crippen LogP contribution >= 0.6 is 24.8 Å². The number of alkyl halides is 3. The number of benzene rings is 1. The molecule has 25 heavy (non-hydrogen) atoms. The Balaban J connectivity index is 0.00000156. The largest absolute Gasteiger partial charge is 0.416 e. The number of nitrogens with zero attached hydrogens (tertiary/aromatic N) is 1. The predicted molar refractivity (Wildman–Crippen MR) is 96.7 cm³/mol. The van der Waals surface area contributed by atoms with Crippen molar-refractivity contribution in [2.24, 2.45) is 5.92 Å². The van der Waals surface area contributed by atoms with Gasteiger partial charge >= 0.3 is 6.18 Å². The quantitative estimate of drug-likeness (QED) is 0.831. The molecular weight excluding hydrogens is 376 g/mol. The third-order valence-corrected chi connectivity index (χ3v) is 4.84. The fourth-order valence-electron chi connectivity index (χ4n) is 3.75. The van der Waals surface area contributed by atoms with Crippen LogP contribution in [-0.4, -0.2) is 44.3 Å². The lowest BCUT2D eigenvalue weighted by atomic mass is 9.83. The van der Waals surface area contributed by atoms with E-state index < -0.39 is 11.7 Å². The topological polar surface area (TPSA) is 24.5 Å². The highest BCUT2D eigenvalue weighted by Gasteiger charge is 2.39. The van der Waals surface area contributed by atoms with Crippen LogP contribution in [0.3, 0.4) is 0 Å². The van der Waals surface area contributed by atoms with E-state index in [1.807, 2.05) is 0 Å². The van der Waals surface area contributed by atoms with E-state index in [2.05, 4.69) is 10.2 Å². The van der Waals surface area contributed by atoms with Crippen LogP contribution in [0.4, 0.5) is 13.2 Å². The minimum atomic E-state index is -4.31. The van der Waals surface area contributed by atoms with E-state index in [9.17, 15) is 13.2 Å². The maximum Gasteiger partial charge on any atom is 0.416 e. The summed E-state index contributed by atoms with van der Waals surface area (Å²) in [6.45, 7) is 4.51. The monoisotopic (exact) mass is 400 g/mol. The van der Waals surface area contributed by atoms with Crippen LogP contribution in [0.25, 0.3) is 0 Å². The van der Waals surface area contributed by atoms with Crippen molar-refractivity contribution in [1.29, 1.82) is 0 Å². The number of rotatable bonds is 3. The van der Waals surface area contributed by atoms with Gasteiger partial charge in [-0.15, -0.1) is 24.8 Å². The lowest BCUT2D eigenvalue weighted by Crippen LogP contribution is -2.48. The third-order valence-electron chi connectivity index (χ3n) is 4.84. The third kappa shape index (κ3) is 5.47. The molecule has 1 N–H and O–H groups in total. The molecule has 1 aromatic rings. The van der Waals surface area contributed by atoms with E-state index >= 15 is 0 Å². The molecule has 2 heterocycles. The van der Waals surface area contributed by atoms with Crippen molar-refractivity contribution in [1.82, 2.24) is 10.2 Å². The molecular formula is C17H25Cl2F3N2O. The summed E-state index contributed by atoms with van der Waals surface area (Å²) in [5.41, 5.74) is -0.0659. The molecule has 0 radical (unpaired) electrons. The van der Waals surface area contributed by atoms with Crippen LogP contribution in [0.15, 0.2) is 24.3 Å². The van der Waals surface area contributed by atoms with Gasteiger partial charge in [0.05, 0.1) is 5.56 Å². The van der Waals surface area contributed by atoms with Crippen LogP contribution in [0.2, 0.25) is 0 Å². The van der Waals surface area contributed by atoms with Gasteiger partial charge in [0, 0.05) is 45.4 Å². The molecule has 2 aliphatic heterocycles. The molecule has 1 aromatic carbocycles. The molecule has 2 aliphatic rings. The van der Waals surface area contributed by atoms with Gasteiger partial charge in [-0.05, 0) is 30.4 Å². The molecule has 144 valence electrons. The molecule has 0 amide bonds. The maximum absolute atomic E-state index is 13.5. The second kappa shape index (κ2) is 9.97. The minimum absolute atomic E-state index is 0. The lowest BCUT2D eigenvalue weighted by Gasteiger charge is -2.42. The Labute approximate surface area is 159 Å². The highest BCUT2D eigenvalue weighted by atomic mass is 35.5. The summed E-state index contributed by atoms with van der Waals surface area (Å²) >= 11 is 0. The Morgan fingerprint density at radius 3 is 2.24 bits per heavy atom. The predicted octanol–water partition coefficient (Wildman–Crippen LogP) is 3.92. The molecule has 0 unspecified atom stereocenters. The van der Waals surface area contributed by atoms with E-state index in [0.717, 1.165) is 39.0 Å².